The highest BCUT2D eigenvalue weighted by Gasteiger charge is 2.23. The molecule has 17 heavy (non-hydrogen) atoms. The first-order valence-corrected chi connectivity index (χ1v) is 7.20. The van der Waals surface area contributed by atoms with Crippen molar-refractivity contribution in [3.05, 3.63) is 35.9 Å². The van der Waals surface area contributed by atoms with Gasteiger partial charge in [0.25, 0.3) is 0 Å². The van der Waals surface area contributed by atoms with E-state index in [0.29, 0.717) is 6.04 Å². The first-order valence-electron chi connectivity index (χ1n) is 7.20. The molecule has 1 fully saturated rings. The van der Waals surface area contributed by atoms with Crippen molar-refractivity contribution in [1.29, 1.82) is 0 Å². The molecule has 1 nitrogen and oxygen atoms in total. The van der Waals surface area contributed by atoms with E-state index in [1.807, 2.05) is 0 Å². The molecule has 0 aromatic heterocycles. The van der Waals surface area contributed by atoms with Crippen LogP contribution < -0.4 is 5.32 Å². The van der Waals surface area contributed by atoms with E-state index < -0.39 is 0 Å². The van der Waals surface area contributed by atoms with Crippen molar-refractivity contribution in [3.63, 3.8) is 0 Å². The van der Waals surface area contributed by atoms with Gasteiger partial charge >= 0.3 is 0 Å². The van der Waals surface area contributed by atoms with Gasteiger partial charge in [-0.1, -0.05) is 56.5 Å². The Kier molecular flexibility index (Phi) is 5.06. The molecule has 0 aliphatic carbocycles. The summed E-state index contributed by atoms with van der Waals surface area (Å²) in [5.41, 5.74) is 1.53. The van der Waals surface area contributed by atoms with Crippen molar-refractivity contribution in [2.24, 2.45) is 0 Å². The van der Waals surface area contributed by atoms with Crippen LogP contribution in [0.5, 0.6) is 0 Å². The van der Waals surface area contributed by atoms with Crippen LogP contribution in [0.25, 0.3) is 0 Å². The van der Waals surface area contributed by atoms with Crippen LogP contribution in [0.3, 0.4) is 0 Å². The zero-order valence-corrected chi connectivity index (χ0v) is 11.0. The molecule has 2 atom stereocenters. The fourth-order valence-corrected chi connectivity index (χ4v) is 2.95. The van der Waals surface area contributed by atoms with Crippen molar-refractivity contribution in [2.45, 2.75) is 57.4 Å². The second-order valence-corrected chi connectivity index (χ2v) is 5.22. The Labute approximate surface area is 106 Å². The van der Waals surface area contributed by atoms with E-state index in [9.17, 15) is 0 Å². The largest absolute Gasteiger partial charge is 0.313 e. The molecule has 1 aliphatic rings. The van der Waals surface area contributed by atoms with Gasteiger partial charge in [-0.15, -0.1) is 0 Å². The van der Waals surface area contributed by atoms with Crippen molar-refractivity contribution in [2.75, 3.05) is 6.54 Å². The third-order valence-corrected chi connectivity index (χ3v) is 3.93. The zero-order valence-electron chi connectivity index (χ0n) is 11.0. The van der Waals surface area contributed by atoms with Gasteiger partial charge in [-0.3, -0.25) is 0 Å². The molecule has 0 radical (unpaired) electrons. The lowest BCUT2D eigenvalue weighted by Crippen LogP contribution is -2.38. The quantitative estimate of drug-likeness (QED) is 0.804. The van der Waals surface area contributed by atoms with Gasteiger partial charge in [0, 0.05) is 6.04 Å². The van der Waals surface area contributed by atoms with Crippen molar-refractivity contribution in [3.8, 4) is 0 Å². The van der Waals surface area contributed by atoms with Crippen LogP contribution in [0.2, 0.25) is 0 Å². The highest BCUT2D eigenvalue weighted by molar-refractivity contribution is 5.21. The smallest absolute Gasteiger partial charge is 0.0136 e. The molecule has 0 amide bonds. The molecule has 94 valence electrons. The molecule has 0 bridgehead atoms. The fourth-order valence-electron chi connectivity index (χ4n) is 2.95. The van der Waals surface area contributed by atoms with Crippen LogP contribution in [-0.4, -0.2) is 12.6 Å². The minimum Gasteiger partial charge on any atom is -0.313 e. The number of benzene rings is 1. The second-order valence-electron chi connectivity index (χ2n) is 5.22. The van der Waals surface area contributed by atoms with Gasteiger partial charge < -0.3 is 5.32 Å². The maximum Gasteiger partial charge on any atom is 0.0136 e. The zero-order chi connectivity index (χ0) is 11.9. The van der Waals surface area contributed by atoms with Crippen molar-refractivity contribution in [1.82, 2.24) is 5.32 Å². The molecule has 0 saturated carbocycles. The first kappa shape index (κ1) is 12.6. The topological polar surface area (TPSA) is 12.0 Å². The SMILES string of the molecule is CCCCC(c1ccccc1)C1CCCCN1. The molecule has 1 aliphatic heterocycles. The normalized spacial score (nSPS) is 22.3. The average Bonchev–Trinajstić information content (AvgIpc) is 2.42. The summed E-state index contributed by atoms with van der Waals surface area (Å²) in [6.07, 6.45) is 8.08. The van der Waals surface area contributed by atoms with Gasteiger partial charge in [0.05, 0.1) is 0 Å². The number of hydrogen-bond acceptors (Lipinski definition) is 1. The van der Waals surface area contributed by atoms with Crippen molar-refractivity contribution < 1.29 is 0 Å². The number of hydrogen-bond donors (Lipinski definition) is 1. The van der Waals surface area contributed by atoms with Gasteiger partial charge in [0.15, 0.2) is 0 Å². The van der Waals surface area contributed by atoms with E-state index in [1.54, 1.807) is 0 Å². The molecular formula is C16H25N. The Morgan fingerprint density at radius 2 is 2.06 bits per heavy atom. The standard InChI is InChI=1S/C16H25N/c1-2-3-11-15(14-9-5-4-6-10-14)16-12-7-8-13-17-16/h4-6,9-10,15-17H,2-3,7-8,11-13H2,1H3. The maximum absolute atomic E-state index is 3.73. The molecule has 2 rings (SSSR count). The number of piperidine rings is 1. The van der Waals surface area contributed by atoms with Crippen molar-refractivity contribution >= 4 is 0 Å². The summed E-state index contributed by atoms with van der Waals surface area (Å²) in [5.74, 6) is 0.719. The van der Waals surface area contributed by atoms with Crippen LogP contribution in [0, 0.1) is 0 Å². The van der Waals surface area contributed by atoms with E-state index in [4.69, 9.17) is 0 Å². The van der Waals surface area contributed by atoms with E-state index in [1.165, 1.54) is 50.6 Å². The molecule has 2 unspecified atom stereocenters. The van der Waals surface area contributed by atoms with Crippen LogP contribution in [0.4, 0.5) is 0 Å². The number of unbranched alkanes of at least 4 members (excludes halogenated alkanes) is 1. The highest BCUT2D eigenvalue weighted by atomic mass is 14.9. The summed E-state index contributed by atoms with van der Waals surface area (Å²) < 4.78 is 0. The van der Waals surface area contributed by atoms with Crippen LogP contribution in [-0.2, 0) is 0 Å². The Morgan fingerprint density at radius 3 is 2.71 bits per heavy atom. The molecule has 1 N–H and O–H groups in total. The number of nitrogens with one attached hydrogen (secondary N) is 1. The second kappa shape index (κ2) is 6.80. The average molecular weight is 231 g/mol. The third kappa shape index (κ3) is 3.57. The minimum absolute atomic E-state index is 0.706. The Balaban J connectivity index is 2.06. The Bertz CT molecular complexity index is 301. The Hall–Kier alpha value is -0.820. The van der Waals surface area contributed by atoms with Crippen LogP contribution in [0.15, 0.2) is 30.3 Å². The minimum atomic E-state index is 0.706. The monoisotopic (exact) mass is 231 g/mol. The van der Waals surface area contributed by atoms with Crippen LogP contribution >= 0.6 is 0 Å². The van der Waals surface area contributed by atoms with Gasteiger partial charge in [-0.05, 0) is 37.3 Å². The molecule has 1 saturated heterocycles. The summed E-state index contributed by atoms with van der Waals surface area (Å²) in [6, 6.07) is 11.8. The molecular weight excluding hydrogens is 206 g/mol. The highest BCUT2D eigenvalue weighted by Crippen LogP contribution is 2.29. The van der Waals surface area contributed by atoms with E-state index in [2.05, 4.69) is 42.6 Å². The lowest BCUT2D eigenvalue weighted by atomic mass is 9.83. The lowest BCUT2D eigenvalue weighted by Gasteiger charge is -2.32. The third-order valence-electron chi connectivity index (χ3n) is 3.93. The van der Waals surface area contributed by atoms with Gasteiger partial charge in [-0.2, -0.15) is 0 Å². The number of rotatable bonds is 5. The predicted molar refractivity (Wildman–Crippen MR) is 74.3 cm³/mol. The van der Waals surface area contributed by atoms with E-state index in [0.717, 1.165) is 5.92 Å². The van der Waals surface area contributed by atoms with Gasteiger partial charge in [0.2, 0.25) is 0 Å². The molecule has 1 heterocycles. The molecule has 1 aromatic carbocycles. The predicted octanol–water partition coefficient (Wildman–Crippen LogP) is 4.10. The fraction of sp³-hybridized carbons (Fsp3) is 0.625. The summed E-state index contributed by atoms with van der Waals surface area (Å²) in [7, 11) is 0. The van der Waals surface area contributed by atoms with E-state index >= 15 is 0 Å². The molecule has 1 aromatic rings. The summed E-state index contributed by atoms with van der Waals surface area (Å²) in [6.45, 7) is 3.50. The summed E-state index contributed by atoms with van der Waals surface area (Å²) in [5, 5.41) is 3.73. The van der Waals surface area contributed by atoms with E-state index in [-0.39, 0.29) is 0 Å². The Morgan fingerprint density at radius 1 is 1.24 bits per heavy atom. The summed E-state index contributed by atoms with van der Waals surface area (Å²) in [4.78, 5) is 0. The first-order chi connectivity index (χ1) is 8.42. The van der Waals surface area contributed by atoms with Gasteiger partial charge in [0.1, 0.15) is 0 Å². The maximum atomic E-state index is 3.73. The van der Waals surface area contributed by atoms with Gasteiger partial charge in [-0.25, -0.2) is 0 Å². The molecule has 1 heteroatoms. The molecule has 0 spiro atoms. The lowest BCUT2D eigenvalue weighted by molar-refractivity contribution is 0.334. The van der Waals surface area contributed by atoms with Crippen LogP contribution in [0.1, 0.15) is 56.9 Å². The summed E-state index contributed by atoms with van der Waals surface area (Å²) >= 11 is 0.